The van der Waals surface area contributed by atoms with Gasteiger partial charge >= 0.3 is 0 Å². The second-order valence-corrected chi connectivity index (χ2v) is 10.0. The second kappa shape index (κ2) is 8.71. The van der Waals surface area contributed by atoms with Crippen LogP contribution >= 0.6 is 0 Å². The van der Waals surface area contributed by atoms with E-state index in [0.29, 0.717) is 16.8 Å². The van der Waals surface area contributed by atoms with E-state index >= 15 is 0 Å². The maximum absolute atomic E-state index is 13.2. The van der Waals surface area contributed by atoms with Crippen LogP contribution in [-0.2, 0) is 14.8 Å². The molecule has 1 aromatic heterocycles. The third-order valence-corrected chi connectivity index (χ3v) is 6.84. The third kappa shape index (κ3) is 4.61. The molecule has 3 aromatic carbocycles. The van der Waals surface area contributed by atoms with Gasteiger partial charge in [0.25, 0.3) is 10.0 Å². The number of fused-ring (bicyclic) bond motifs is 1. The van der Waals surface area contributed by atoms with E-state index in [1.807, 2.05) is 30.5 Å². The summed E-state index contributed by atoms with van der Waals surface area (Å²) < 4.78 is 42.0. The van der Waals surface area contributed by atoms with Gasteiger partial charge in [0.1, 0.15) is 6.67 Å². The van der Waals surface area contributed by atoms with Crippen molar-refractivity contribution in [1.82, 2.24) is 4.98 Å². The molecule has 0 bridgehead atoms. The highest BCUT2D eigenvalue weighted by Crippen LogP contribution is 2.33. The highest BCUT2D eigenvalue weighted by Gasteiger charge is 2.27. The number of nitrogens with one attached hydrogen (secondary N) is 3. The molecule has 33 heavy (non-hydrogen) atoms. The van der Waals surface area contributed by atoms with Gasteiger partial charge in [-0.25, -0.2) is 12.8 Å². The predicted octanol–water partition coefficient (Wildman–Crippen LogP) is 5.57. The molecule has 3 N–H and O–H groups in total. The fourth-order valence-corrected chi connectivity index (χ4v) is 4.70. The van der Waals surface area contributed by atoms with Crippen LogP contribution in [0.5, 0.6) is 0 Å². The number of alkyl halides is 1. The molecule has 4 rings (SSSR count). The summed E-state index contributed by atoms with van der Waals surface area (Å²) in [5.41, 5.74) is 1.45. The summed E-state index contributed by atoms with van der Waals surface area (Å²) in [5, 5.41) is 4.06. The minimum Gasteiger partial charge on any atom is -0.361 e. The molecule has 0 aliphatic heterocycles. The first kappa shape index (κ1) is 22.5. The van der Waals surface area contributed by atoms with Crippen LogP contribution in [0.2, 0.25) is 0 Å². The van der Waals surface area contributed by atoms with Gasteiger partial charge in [-0.15, -0.1) is 0 Å². The first-order valence-corrected chi connectivity index (χ1v) is 11.9. The fraction of sp³-hybridized carbons (Fsp3) is 0.160. The summed E-state index contributed by atoms with van der Waals surface area (Å²) >= 11 is 0. The molecular formula is C25H24FN3O3S. The van der Waals surface area contributed by atoms with E-state index in [2.05, 4.69) is 15.0 Å². The average Bonchev–Trinajstić information content (AvgIpc) is 3.34. The first-order valence-electron chi connectivity index (χ1n) is 10.4. The smallest absolute Gasteiger partial charge is 0.262 e. The Hall–Kier alpha value is -3.65. The Balaban J connectivity index is 1.61. The van der Waals surface area contributed by atoms with Crippen LogP contribution < -0.4 is 10.0 Å². The van der Waals surface area contributed by atoms with Gasteiger partial charge < -0.3 is 10.3 Å². The molecule has 170 valence electrons. The van der Waals surface area contributed by atoms with Crippen molar-refractivity contribution in [3.63, 3.8) is 0 Å². The zero-order valence-corrected chi connectivity index (χ0v) is 19.0. The zero-order valence-electron chi connectivity index (χ0n) is 18.2. The van der Waals surface area contributed by atoms with Crippen molar-refractivity contribution in [2.24, 2.45) is 5.41 Å². The Kier molecular flexibility index (Phi) is 5.95. The van der Waals surface area contributed by atoms with Gasteiger partial charge in [-0.2, -0.15) is 0 Å². The highest BCUT2D eigenvalue weighted by atomic mass is 32.2. The molecule has 0 aliphatic rings. The lowest BCUT2D eigenvalue weighted by atomic mass is 9.94. The minimum absolute atomic E-state index is 0.162. The Bertz CT molecular complexity index is 1400. The first-order chi connectivity index (χ1) is 15.7. The summed E-state index contributed by atoms with van der Waals surface area (Å²) in [6.07, 6.45) is 1.82. The maximum Gasteiger partial charge on any atom is 0.262 e. The van der Waals surface area contributed by atoms with Crippen molar-refractivity contribution in [1.29, 1.82) is 0 Å². The van der Waals surface area contributed by atoms with E-state index in [0.717, 1.165) is 16.6 Å². The van der Waals surface area contributed by atoms with Gasteiger partial charge in [-0.1, -0.05) is 30.3 Å². The quantitative estimate of drug-likeness (QED) is 0.333. The maximum atomic E-state index is 13.2. The normalized spacial score (nSPS) is 12.0. The molecule has 0 aliphatic carbocycles. The van der Waals surface area contributed by atoms with E-state index < -0.39 is 28.0 Å². The molecule has 1 heterocycles. The molecule has 0 saturated carbocycles. The number of hydrogen-bond acceptors (Lipinski definition) is 3. The number of carbonyl (C=O) groups excluding carboxylic acids is 1. The van der Waals surface area contributed by atoms with Gasteiger partial charge in [0.15, 0.2) is 0 Å². The monoisotopic (exact) mass is 465 g/mol. The SMILES string of the molecule is CC(C)(CF)C(=O)Nc1ccc(NS(=O)(=O)c2ccc(-c3ccc[nH]3)c3ccccc23)cc1. The molecule has 0 saturated heterocycles. The summed E-state index contributed by atoms with van der Waals surface area (Å²) in [6, 6.07) is 20.8. The van der Waals surface area contributed by atoms with Crippen LogP contribution in [0, 0.1) is 5.41 Å². The van der Waals surface area contributed by atoms with Crippen LogP contribution in [0.1, 0.15) is 13.8 Å². The molecule has 4 aromatic rings. The lowest BCUT2D eigenvalue weighted by molar-refractivity contribution is -0.124. The average molecular weight is 466 g/mol. The van der Waals surface area contributed by atoms with E-state index in [9.17, 15) is 17.6 Å². The van der Waals surface area contributed by atoms with Crippen LogP contribution in [0.4, 0.5) is 15.8 Å². The van der Waals surface area contributed by atoms with Gasteiger partial charge in [-0.05, 0) is 61.7 Å². The van der Waals surface area contributed by atoms with Gasteiger partial charge in [0.05, 0.1) is 10.3 Å². The molecule has 0 fully saturated rings. The number of sulfonamides is 1. The van der Waals surface area contributed by atoms with Crippen molar-refractivity contribution in [2.75, 3.05) is 16.7 Å². The number of anilines is 2. The standard InChI is InChI=1S/C25H24FN3O3S/c1-25(2,16-26)24(30)28-17-9-11-18(12-10-17)29-33(31,32)23-14-13-20(22-8-5-15-27-22)19-6-3-4-7-21(19)23/h3-15,27,29H,16H2,1-2H3,(H,28,30). The number of rotatable bonds is 7. The molecule has 0 radical (unpaired) electrons. The van der Waals surface area contributed by atoms with Crippen molar-refractivity contribution in [3.05, 3.63) is 79.0 Å². The second-order valence-electron chi connectivity index (χ2n) is 8.40. The lowest BCUT2D eigenvalue weighted by Gasteiger charge is -2.19. The predicted molar refractivity (Wildman–Crippen MR) is 129 cm³/mol. The van der Waals surface area contributed by atoms with E-state index in [1.165, 1.54) is 13.8 Å². The Morgan fingerprint density at radius 1 is 0.909 bits per heavy atom. The van der Waals surface area contributed by atoms with Crippen molar-refractivity contribution in [2.45, 2.75) is 18.7 Å². The summed E-state index contributed by atoms with van der Waals surface area (Å²) in [5.74, 6) is -0.452. The Morgan fingerprint density at radius 2 is 1.58 bits per heavy atom. The Morgan fingerprint density at radius 3 is 2.21 bits per heavy atom. The molecule has 1 amide bonds. The number of carbonyl (C=O) groups is 1. The molecule has 8 heteroatoms. The minimum atomic E-state index is -3.89. The molecule has 0 unspecified atom stereocenters. The summed E-state index contributed by atoms with van der Waals surface area (Å²) in [4.78, 5) is 15.5. The van der Waals surface area contributed by atoms with Crippen LogP contribution in [0.3, 0.4) is 0 Å². The molecule has 0 atom stereocenters. The number of aromatic amines is 1. The number of aromatic nitrogens is 1. The lowest BCUT2D eigenvalue weighted by Crippen LogP contribution is -2.32. The molecule has 0 spiro atoms. The number of benzene rings is 3. The van der Waals surface area contributed by atoms with Gasteiger partial charge in [0.2, 0.25) is 5.91 Å². The van der Waals surface area contributed by atoms with E-state index in [-0.39, 0.29) is 4.90 Å². The molecule has 6 nitrogen and oxygen atoms in total. The van der Waals surface area contributed by atoms with Crippen molar-refractivity contribution < 1.29 is 17.6 Å². The van der Waals surface area contributed by atoms with Crippen molar-refractivity contribution >= 4 is 38.1 Å². The number of amides is 1. The van der Waals surface area contributed by atoms with Gasteiger partial charge in [-0.3, -0.25) is 9.52 Å². The largest absolute Gasteiger partial charge is 0.361 e. The van der Waals surface area contributed by atoms with Crippen LogP contribution in [0.15, 0.2) is 83.9 Å². The van der Waals surface area contributed by atoms with Gasteiger partial charge in [0, 0.05) is 34.2 Å². The Labute approximate surface area is 191 Å². The summed E-state index contributed by atoms with van der Waals surface area (Å²) in [6.45, 7) is 2.24. The zero-order chi connectivity index (χ0) is 23.6. The highest BCUT2D eigenvalue weighted by molar-refractivity contribution is 7.93. The number of hydrogen-bond donors (Lipinski definition) is 3. The topological polar surface area (TPSA) is 91.1 Å². The fourth-order valence-electron chi connectivity index (χ4n) is 3.43. The van der Waals surface area contributed by atoms with Crippen LogP contribution in [0.25, 0.3) is 22.0 Å². The molecular weight excluding hydrogens is 441 g/mol. The number of halogens is 1. The van der Waals surface area contributed by atoms with Crippen molar-refractivity contribution in [3.8, 4) is 11.3 Å². The van der Waals surface area contributed by atoms with E-state index in [4.69, 9.17) is 0 Å². The van der Waals surface area contributed by atoms with E-state index in [1.54, 1.807) is 48.5 Å². The summed E-state index contributed by atoms with van der Waals surface area (Å²) in [7, 11) is -3.89. The van der Waals surface area contributed by atoms with Crippen LogP contribution in [-0.4, -0.2) is 26.0 Å². The third-order valence-electron chi connectivity index (χ3n) is 5.41. The number of H-pyrrole nitrogens is 1.